The van der Waals surface area contributed by atoms with Crippen LogP contribution in [-0.2, 0) is 6.54 Å². The number of rotatable bonds is 6. The van der Waals surface area contributed by atoms with Gasteiger partial charge in [0, 0.05) is 49.8 Å². The third-order valence-electron chi connectivity index (χ3n) is 6.04. The first-order valence-corrected chi connectivity index (χ1v) is 11.6. The number of hydrogen-bond acceptors (Lipinski definition) is 9. The second-order valence-corrected chi connectivity index (χ2v) is 8.40. The summed E-state index contributed by atoms with van der Waals surface area (Å²) in [4.78, 5) is 17.9. The van der Waals surface area contributed by atoms with Crippen molar-refractivity contribution >= 4 is 11.5 Å². The average molecular weight is 484 g/mol. The number of nitrogens with zero attached hydrogens (tertiary/aromatic N) is 9. The molecular weight excluding hydrogens is 461 g/mol. The maximum absolute atomic E-state index is 13.2. The first-order valence-electron chi connectivity index (χ1n) is 11.6. The third kappa shape index (κ3) is 4.63. The zero-order valence-corrected chi connectivity index (χ0v) is 19.3. The van der Waals surface area contributed by atoms with Gasteiger partial charge in [0.05, 0.1) is 18.4 Å². The van der Waals surface area contributed by atoms with Crippen LogP contribution >= 0.6 is 0 Å². The lowest BCUT2D eigenvalue weighted by Gasteiger charge is -2.36. The molecule has 1 fully saturated rings. The van der Waals surface area contributed by atoms with Gasteiger partial charge in [-0.1, -0.05) is 16.4 Å². The summed E-state index contributed by atoms with van der Waals surface area (Å²) in [5.74, 6) is 1.39. The molecule has 6 rings (SSSR count). The van der Waals surface area contributed by atoms with Crippen molar-refractivity contribution in [3.05, 3.63) is 84.7 Å². The molecule has 11 heteroatoms. The fourth-order valence-electron chi connectivity index (χ4n) is 4.13. The summed E-state index contributed by atoms with van der Waals surface area (Å²) < 4.78 is 20.3. The van der Waals surface area contributed by atoms with E-state index in [9.17, 15) is 4.39 Å². The Bertz CT molecular complexity index is 1430. The normalized spacial score (nSPS) is 13.8. The first-order chi connectivity index (χ1) is 17.7. The summed E-state index contributed by atoms with van der Waals surface area (Å²) >= 11 is 0. The van der Waals surface area contributed by atoms with Crippen LogP contribution in [0.15, 0.2) is 77.7 Å². The molecule has 0 bridgehead atoms. The van der Waals surface area contributed by atoms with Crippen LogP contribution in [0.1, 0.15) is 5.69 Å². The van der Waals surface area contributed by atoms with Gasteiger partial charge in [0.25, 0.3) is 5.89 Å². The quantitative estimate of drug-likeness (QED) is 0.360. The van der Waals surface area contributed by atoms with Gasteiger partial charge in [0.1, 0.15) is 11.6 Å². The molecule has 0 unspecified atom stereocenters. The second kappa shape index (κ2) is 9.53. The Labute approximate surface area is 206 Å². The summed E-state index contributed by atoms with van der Waals surface area (Å²) in [6, 6.07) is 16.2. The van der Waals surface area contributed by atoms with Crippen molar-refractivity contribution in [1.29, 1.82) is 0 Å². The number of piperazine rings is 1. The van der Waals surface area contributed by atoms with E-state index in [1.807, 2.05) is 42.5 Å². The van der Waals surface area contributed by atoms with E-state index in [0.29, 0.717) is 24.0 Å². The fraction of sp³-hybridized carbons (Fsp3) is 0.200. The van der Waals surface area contributed by atoms with Crippen molar-refractivity contribution in [2.75, 3.05) is 36.0 Å². The molecule has 5 aromatic rings. The highest BCUT2D eigenvalue weighted by atomic mass is 19.1. The molecule has 180 valence electrons. The molecule has 0 N–H and O–H groups in total. The predicted molar refractivity (Wildman–Crippen MR) is 131 cm³/mol. The number of benzene rings is 1. The first kappa shape index (κ1) is 21.8. The van der Waals surface area contributed by atoms with Crippen LogP contribution in [0.4, 0.5) is 15.9 Å². The van der Waals surface area contributed by atoms with Crippen LogP contribution in [0, 0.1) is 5.82 Å². The highest BCUT2D eigenvalue weighted by Gasteiger charge is 2.19. The van der Waals surface area contributed by atoms with Crippen LogP contribution in [0.25, 0.3) is 23.0 Å². The maximum Gasteiger partial charge on any atom is 0.280 e. The maximum atomic E-state index is 13.2. The lowest BCUT2D eigenvalue weighted by Crippen LogP contribution is -2.46. The van der Waals surface area contributed by atoms with E-state index in [1.165, 1.54) is 12.1 Å². The standard InChI is InChI=1S/C25H22FN9O/c26-19-5-7-21(8-6-19)33-11-13-34(14-12-33)23-9-4-18(15-28-23)24-29-25(36-31-24)22-17-35(32-30-22)16-20-3-1-2-10-27-20/h1-10,15,17H,11-14,16H2. The monoisotopic (exact) mass is 483 g/mol. The second-order valence-electron chi connectivity index (χ2n) is 8.40. The Balaban J connectivity index is 1.09. The Kier molecular flexibility index (Phi) is 5.78. The Morgan fingerprint density at radius 3 is 2.47 bits per heavy atom. The Morgan fingerprint density at radius 1 is 0.889 bits per heavy atom. The number of anilines is 2. The minimum atomic E-state index is -0.220. The van der Waals surface area contributed by atoms with Gasteiger partial charge >= 0.3 is 0 Å². The molecule has 1 aliphatic rings. The van der Waals surface area contributed by atoms with Crippen molar-refractivity contribution in [2.45, 2.75) is 6.54 Å². The highest BCUT2D eigenvalue weighted by Crippen LogP contribution is 2.23. The number of halogens is 1. The van der Waals surface area contributed by atoms with Crippen LogP contribution in [0.2, 0.25) is 0 Å². The lowest BCUT2D eigenvalue weighted by atomic mass is 10.2. The van der Waals surface area contributed by atoms with Crippen LogP contribution in [-0.4, -0.2) is 61.3 Å². The van der Waals surface area contributed by atoms with E-state index < -0.39 is 0 Å². The van der Waals surface area contributed by atoms with Gasteiger partial charge in [0.15, 0.2) is 5.69 Å². The van der Waals surface area contributed by atoms with E-state index in [0.717, 1.165) is 48.9 Å². The molecule has 1 saturated heterocycles. The molecule has 5 heterocycles. The minimum Gasteiger partial charge on any atom is -0.368 e. The molecular formula is C25H22FN9O. The van der Waals surface area contributed by atoms with Gasteiger partial charge in [-0.3, -0.25) is 4.98 Å². The van der Waals surface area contributed by atoms with E-state index in [-0.39, 0.29) is 5.82 Å². The van der Waals surface area contributed by atoms with Gasteiger partial charge in [-0.05, 0) is 48.5 Å². The molecule has 0 aliphatic carbocycles. The Morgan fingerprint density at radius 2 is 1.72 bits per heavy atom. The molecule has 10 nitrogen and oxygen atoms in total. The van der Waals surface area contributed by atoms with Gasteiger partial charge < -0.3 is 14.3 Å². The molecule has 1 aromatic carbocycles. The molecule has 0 saturated carbocycles. The van der Waals surface area contributed by atoms with Gasteiger partial charge in [-0.25, -0.2) is 14.1 Å². The van der Waals surface area contributed by atoms with Crippen molar-refractivity contribution in [3.63, 3.8) is 0 Å². The third-order valence-corrected chi connectivity index (χ3v) is 6.04. The molecule has 4 aromatic heterocycles. The van der Waals surface area contributed by atoms with E-state index in [4.69, 9.17) is 4.52 Å². The van der Waals surface area contributed by atoms with E-state index >= 15 is 0 Å². The zero-order valence-electron chi connectivity index (χ0n) is 19.3. The number of pyridine rings is 2. The average Bonchev–Trinajstić information content (AvgIpc) is 3.60. The van der Waals surface area contributed by atoms with Crippen molar-refractivity contribution < 1.29 is 8.91 Å². The summed E-state index contributed by atoms with van der Waals surface area (Å²) in [7, 11) is 0. The van der Waals surface area contributed by atoms with Gasteiger partial charge in [0.2, 0.25) is 5.82 Å². The predicted octanol–water partition coefficient (Wildman–Crippen LogP) is 3.30. The number of hydrogen-bond donors (Lipinski definition) is 0. The summed E-state index contributed by atoms with van der Waals surface area (Å²) in [5.41, 5.74) is 3.15. The molecule has 0 spiro atoms. The fourth-order valence-corrected chi connectivity index (χ4v) is 4.13. The molecule has 0 atom stereocenters. The smallest absolute Gasteiger partial charge is 0.280 e. The van der Waals surface area contributed by atoms with Crippen molar-refractivity contribution in [2.24, 2.45) is 0 Å². The molecule has 0 radical (unpaired) electrons. The lowest BCUT2D eigenvalue weighted by molar-refractivity contribution is 0.431. The summed E-state index contributed by atoms with van der Waals surface area (Å²) in [5, 5.41) is 12.3. The van der Waals surface area contributed by atoms with Crippen molar-refractivity contribution in [1.82, 2.24) is 35.1 Å². The van der Waals surface area contributed by atoms with Gasteiger partial charge in [-0.2, -0.15) is 4.98 Å². The molecule has 1 aliphatic heterocycles. The molecule has 0 amide bonds. The number of aromatic nitrogens is 7. The minimum absolute atomic E-state index is 0.220. The van der Waals surface area contributed by atoms with Crippen LogP contribution in [0.3, 0.4) is 0 Å². The Hall–Kier alpha value is -4.67. The summed E-state index contributed by atoms with van der Waals surface area (Å²) in [6.07, 6.45) is 5.23. The van der Waals surface area contributed by atoms with E-state index in [1.54, 1.807) is 23.3 Å². The summed E-state index contributed by atoms with van der Waals surface area (Å²) in [6.45, 7) is 3.82. The van der Waals surface area contributed by atoms with Crippen molar-refractivity contribution in [3.8, 4) is 23.0 Å². The largest absolute Gasteiger partial charge is 0.368 e. The van der Waals surface area contributed by atoms with E-state index in [2.05, 4.69) is 40.2 Å². The van der Waals surface area contributed by atoms with Gasteiger partial charge in [-0.15, -0.1) is 5.10 Å². The highest BCUT2D eigenvalue weighted by molar-refractivity contribution is 5.59. The zero-order chi connectivity index (χ0) is 24.3. The molecule has 36 heavy (non-hydrogen) atoms. The SMILES string of the molecule is Fc1ccc(N2CCN(c3ccc(-c4noc(-c5cn(Cc6ccccn6)nn5)n4)cn3)CC2)cc1. The topological polar surface area (TPSA) is 102 Å². The van der Waals surface area contributed by atoms with Crippen LogP contribution < -0.4 is 9.80 Å². The van der Waals surface area contributed by atoms with Crippen LogP contribution in [0.5, 0.6) is 0 Å².